The monoisotopic (exact) mass is 498 g/mol. The van der Waals surface area contributed by atoms with Crippen molar-refractivity contribution in [2.45, 2.75) is 13.5 Å². The number of aromatic hydroxyl groups is 1. The van der Waals surface area contributed by atoms with Crippen LogP contribution in [0.1, 0.15) is 12.5 Å². The molecule has 0 heterocycles. The molecule has 0 atom stereocenters. The van der Waals surface area contributed by atoms with Gasteiger partial charge in [-0.1, -0.05) is 67.8 Å². The number of halogens is 4. The average Bonchev–Trinajstić information content (AvgIpc) is 2.89. The Morgan fingerprint density at radius 3 is 1.67 bits per heavy atom. The number of benzene rings is 3. The van der Waals surface area contributed by atoms with Gasteiger partial charge in [0.2, 0.25) is 11.7 Å². The third kappa shape index (κ3) is 6.88. The first-order chi connectivity index (χ1) is 17.1. The van der Waals surface area contributed by atoms with E-state index in [9.17, 15) is 22.7 Å². The summed E-state index contributed by atoms with van der Waals surface area (Å²) in [5, 5.41) is 9.37. The zero-order valence-electron chi connectivity index (χ0n) is 20.0. The second-order valence-electron chi connectivity index (χ2n) is 7.41. The van der Waals surface area contributed by atoms with Gasteiger partial charge in [0.15, 0.2) is 23.2 Å². The predicted octanol–water partition coefficient (Wildman–Crippen LogP) is 8.54. The fourth-order valence-corrected chi connectivity index (χ4v) is 2.99. The van der Waals surface area contributed by atoms with Gasteiger partial charge in [-0.05, 0) is 35.7 Å². The summed E-state index contributed by atoms with van der Waals surface area (Å²) in [7, 11) is 1.15. The number of hydrogen-bond acceptors (Lipinski definition) is 3. The van der Waals surface area contributed by atoms with Gasteiger partial charge in [-0.3, -0.25) is 0 Å². The van der Waals surface area contributed by atoms with E-state index in [1.54, 1.807) is 30.3 Å². The Kier molecular flexibility index (Phi) is 10.1. The van der Waals surface area contributed by atoms with Crippen LogP contribution in [0, 0.1) is 11.6 Å². The molecule has 0 fully saturated rings. The first kappa shape index (κ1) is 28.0. The molecule has 36 heavy (non-hydrogen) atoms. The molecule has 0 unspecified atom stereocenters. The van der Waals surface area contributed by atoms with Gasteiger partial charge in [0.25, 0.3) is 0 Å². The topological polar surface area (TPSA) is 38.7 Å². The molecule has 0 saturated carbocycles. The second-order valence-corrected chi connectivity index (χ2v) is 7.41. The fraction of sp³-hybridized carbons (Fsp3) is 0.103. The summed E-state index contributed by atoms with van der Waals surface area (Å²) in [5.74, 6) is -5.67. The molecule has 7 heteroatoms. The predicted molar refractivity (Wildman–Crippen MR) is 134 cm³/mol. The maximum absolute atomic E-state index is 14.8. The van der Waals surface area contributed by atoms with Gasteiger partial charge in [-0.2, -0.15) is 8.78 Å². The van der Waals surface area contributed by atoms with E-state index in [1.807, 2.05) is 6.92 Å². The third-order valence-electron chi connectivity index (χ3n) is 4.87. The maximum atomic E-state index is 14.8. The third-order valence-corrected chi connectivity index (χ3v) is 4.87. The molecule has 0 aromatic heterocycles. The van der Waals surface area contributed by atoms with E-state index in [0.29, 0.717) is 16.7 Å². The summed E-state index contributed by atoms with van der Waals surface area (Å²) in [6.07, 6.45) is 1.75. The van der Waals surface area contributed by atoms with Crippen LogP contribution in [-0.2, 0) is 16.1 Å². The molecule has 0 aliphatic heterocycles. The number of phenolic OH excluding ortho intramolecular Hbond substituents is 1. The van der Waals surface area contributed by atoms with Crippen LogP contribution in [0.15, 0.2) is 110 Å². The molecule has 0 saturated heterocycles. The molecule has 3 aromatic rings. The SMILES string of the molecule is C=C(OC)/C(F)=C(/F)C(=C)OCc1ccc(-c2ccc(-c3ccc(O)cc3)c(F)c2F)cc1.C=CC. The average molecular weight is 499 g/mol. The molecule has 0 spiro atoms. The Bertz CT molecular complexity index is 1260. The van der Waals surface area contributed by atoms with Gasteiger partial charge in [-0.25, -0.2) is 8.78 Å². The molecular formula is C29H26F4O3. The molecule has 0 radical (unpaired) electrons. The summed E-state index contributed by atoms with van der Waals surface area (Å²) < 4.78 is 66.8. The lowest BCUT2D eigenvalue weighted by Gasteiger charge is -2.11. The molecular weight excluding hydrogens is 472 g/mol. The lowest BCUT2D eigenvalue weighted by molar-refractivity contribution is 0.192. The molecule has 3 rings (SSSR count). The van der Waals surface area contributed by atoms with Crippen molar-refractivity contribution in [1.29, 1.82) is 0 Å². The number of methoxy groups -OCH3 is 1. The smallest absolute Gasteiger partial charge is 0.203 e. The summed E-state index contributed by atoms with van der Waals surface area (Å²) >= 11 is 0. The van der Waals surface area contributed by atoms with Gasteiger partial charge in [0.1, 0.15) is 12.4 Å². The first-order valence-electron chi connectivity index (χ1n) is 10.7. The Hall–Kier alpha value is -4.26. The summed E-state index contributed by atoms with van der Waals surface area (Å²) in [6, 6.07) is 14.9. The van der Waals surface area contributed by atoms with Crippen LogP contribution < -0.4 is 0 Å². The minimum absolute atomic E-state index is 0.0215. The largest absolute Gasteiger partial charge is 0.508 e. The standard InChI is InChI=1S/C26H20F4O3.C3H6/c1-15(32-3)23(27)24(28)16(2)33-14-17-4-6-18(7-5-17)21-12-13-22(26(30)25(21)29)19-8-10-20(31)11-9-19;1-3-2/h4-13,31H,1-2,14H2,3H3;3H,1H2,2H3/b24-23-;. The number of phenols is 1. The van der Waals surface area contributed by atoms with Gasteiger partial charge in [-0.15, -0.1) is 6.58 Å². The second kappa shape index (κ2) is 13.0. The van der Waals surface area contributed by atoms with Gasteiger partial charge in [0.05, 0.1) is 7.11 Å². The van der Waals surface area contributed by atoms with Crippen molar-refractivity contribution in [2.24, 2.45) is 0 Å². The van der Waals surface area contributed by atoms with Crippen molar-refractivity contribution in [2.75, 3.05) is 7.11 Å². The van der Waals surface area contributed by atoms with E-state index in [2.05, 4.69) is 24.5 Å². The minimum atomic E-state index is -1.33. The van der Waals surface area contributed by atoms with Crippen LogP contribution in [0.3, 0.4) is 0 Å². The lowest BCUT2D eigenvalue weighted by atomic mass is 9.98. The van der Waals surface area contributed by atoms with E-state index in [-0.39, 0.29) is 23.5 Å². The quantitative estimate of drug-likeness (QED) is 0.146. The molecule has 1 N–H and O–H groups in total. The van der Waals surface area contributed by atoms with Crippen molar-refractivity contribution in [1.82, 2.24) is 0 Å². The molecule has 0 bridgehead atoms. The van der Waals surface area contributed by atoms with E-state index in [1.165, 1.54) is 36.4 Å². The normalized spacial score (nSPS) is 10.9. The highest BCUT2D eigenvalue weighted by Crippen LogP contribution is 2.32. The van der Waals surface area contributed by atoms with Crippen LogP contribution >= 0.6 is 0 Å². The number of hydrogen-bond donors (Lipinski definition) is 1. The number of allylic oxidation sites excluding steroid dienone is 3. The maximum Gasteiger partial charge on any atom is 0.203 e. The number of ether oxygens (including phenoxy) is 2. The molecule has 0 aliphatic carbocycles. The van der Waals surface area contributed by atoms with E-state index in [0.717, 1.165) is 7.11 Å². The highest BCUT2D eigenvalue weighted by atomic mass is 19.2. The van der Waals surface area contributed by atoms with Gasteiger partial charge in [0, 0.05) is 11.1 Å². The summed E-state index contributed by atoms with van der Waals surface area (Å²) in [5.41, 5.74) is 1.54. The van der Waals surface area contributed by atoms with Crippen molar-refractivity contribution in [3.63, 3.8) is 0 Å². The van der Waals surface area contributed by atoms with E-state index >= 15 is 0 Å². The Labute approximate surface area is 207 Å². The van der Waals surface area contributed by atoms with Crippen molar-refractivity contribution < 1.29 is 32.1 Å². The summed E-state index contributed by atoms with van der Waals surface area (Å²) in [6.45, 7) is 11.7. The van der Waals surface area contributed by atoms with Crippen molar-refractivity contribution >= 4 is 0 Å². The minimum Gasteiger partial charge on any atom is -0.508 e. The molecule has 0 amide bonds. The Morgan fingerprint density at radius 1 is 0.806 bits per heavy atom. The van der Waals surface area contributed by atoms with Crippen molar-refractivity contribution in [3.05, 3.63) is 127 Å². The summed E-state index contributed by atoms with van der Waals surface area (Å²) in [4.78, 5) is 0. The lowest BCUT2D eigenvalue weighted by Crippen LogP contribution is -1.97. The van der Waals surface area contributed by atoms with Crippen LogP contribution in [0.4, 0.5) is 17.6 Å². The van der Waals surface area contributed by atoms with Crippen LogP contribution in [0.25, 0.3) is 22.3 Å². The highest BCUT2D eigenvalue weighted by molar-refractivity contribution is 5.72. The van der Waals surface area contributed by atoms with Crippen LogP contribution in [0.2, 0.25) is 0 Å². The Morgan fingerprint density at radius 2 is 1.22 bits per heavy atom. The first-order valence-corrected chi connectivity index (χ1v) is 10.7. The molecule has 0 aliphatic rings. The number of rotatable bonds is 8. The highest BCUT2D eigenvalue weighted by Gasteiger charge is 2.17. The fourth-order valence-electron chi connectivity index (χ4n) is 2.99. The molecule has 3 nitrogen and oxygen atoms in total. The Balaban J connectivity index is 0.00000145. The van der Waals surface area contributed by atoms with Gasteiger partial charge < -0.3 is 14.6 Å². The van der Waals surface area contributed by atoms with E-state index in [4.69, 9.17) is 4.74 Å². The van der Waals surface area contributed by atoms with Gasteiger partial charge >= 0.3 is 0 Å². The van der Waals surface area contributed by atoms with Crippen molar-refractivity contribution in [3.8, 4) is 28.0 Å². The van der Waals surface area contributed by atoms with Crippen LogP contribution in [0.5, 0.6) is 5.75 Å². The molecule has 3 aromatic carbocycles. The zero-order chi connectivity index (χ0) is 26.8. The van der Waals surface area contributed by atoms with E-state index < -0.39 is 34.8 Å². The molecule has 188 valence electrons. The zero-order valence-corrected chi connectivity index (χ0v) is 20.0. The van der Waals surface area contributed by atoms with Crippen LogP contribution in [-0.4, -0.2) is 12.2 Å².